The van der Waals surface area contributed by atoms with Crippen LogP contribution in [0.1, 0.15) is 79.1 Å². The molecule has 2 aliphatic rings. The lowest BCUT2D eigenvalue weighted by Crippen LogP contribution is -2.54. The summed E-state index contributed by atoms with van der Waals surface area (Å²) >= 11 is 0. The minimum atomic E-state index is -0.422. The molecule has 1 N–H and O–H groups in total. The van der Waals surface area contributed by atoms with Gasteiger partial charge < -0.3 is 10.1 Å². The number of hydrogen-bond acceptors (Lipinski definition) is 3. The van der Waals surface area contributed by atoms with Crippen molar-refractivity contribution in [3.8, 4) is 0 Å². The number of carbonyl (C=O) groups excluding carboxylic acids is 2. The van der Waals surface area contributed by atoms with Crippen molar-refractivity contribution in [1.82, 2.24) is 5.32 Å². The zero-order chi connectivity index (χ0) is 18.0. The van der Waals surface area contributed by atoms with E-state index in [9.17, 15) is 9.59 Å². The topological polar surface area (TPSA) is 55.4 Å². The quantitative estimate of drug-likeness (QED) is 0.767. The van der Waals surface area contributed by atoms with Gasteiger partial charge in [0.1, 0.15) is 0 Å². The van der Waals surface area contributed by atoms with E-state index < -0.39 is 6.04 Å². The number of ether oxygens (including phenoxy) is 1. The summed E-state index contributed by atoms with van der Waals surface area (Å²) in [5.41, 5.74) is -0.562. The van der Waals surface area contributed by atoms with E-state index in [1.807, 2.05) is 27.7 Å². The van der Waals surface area contributed by atoms with Crippen molar-refractivity contribution < 1.29 is 14.3 Å². The van der Waals surface area contributed by atoms with Crippen molar-refractivity contribution in [2.45, 2.75) is 90.7 Å². The largest absolute Gasteiger partial charge is 0.377 e. The first-order chi connectivity index (χ1) is 11.2. The molecule has 2 atom stereocenters. The summed E-state index contributed by atoms with van der Waals surface area (Å²) < 4.78 is 5.79. The van der Waals surface area contributed by atoms with Gasteiger partial charge in [-0.15, -0.1) is 0 Å². The summed E-state index contributed by atoms with van der Waals surface area (Å²) in [5.74, 6) is 0.416. The molecule has 24 heavy (non-hydrogen) atoms. The Morgan fingerprint density at radius 2 is 1.75 bits per heavy atom. The normalized spacial score (nSPS) is 23.4. The average molecular weight is 338 g/mol. The molecule has 0 saturated heterocycles. The number of rotatable bonds is 7. The molecular weight excluding hydrogens is 302 g/mol. The smallest absolute Gasteiger partial charge is 0.226 e. The monoisotopic (exact) mass is 337 g/mol. The van der Waals surface area contributed by atoms with E-state index in [1.54, 1.807) is 7.11 Å². The van der Waals surface area contributed by atoms with Crippen LogP contribution in [0.5, 0.6) is 0 Å². The van der Waals surface area contributed by atoms with Crippen LogP contribution in [0.15, 0.2) is 0 Å². The summed E-state index contributed by atoms with van der Waals surface area (Å²) in [6.07, 6.45) is 8.24. The Bertz CT molecular complexity index is 456. The van der Waals surface area contributed by atoms with E-state index in [2.05, 4.69) is 5.32 Å². The number of nitrogens with one attached hydrogen (secondary N) is 1. The van der Waals surface area contributed by atoms with Crippen LogP contribution < -0.4 is 5.32 Å². The molecule has 4 nitrogen and oxygen atoms in total. The molecule has 0 heterocycles. The number of ketones is 1. The molecule has 2 aliphatic carbocycles. The third-order valence-corrected chi connectivity index (χ3v) is 5.94. The fourth-order valence-electron chi connectivity index (χ4n) is 4.33. The van der Waals surface area contributed by atoms with Gasteiger partial charge in [-0.05, 0) is 37.0 Å². The number of hydrogen-bond donors (Lipinski definition) is 1. The van der Waals surface area contributed by atoms with Gasteiger partial charge in [-0.3, -0.25) is 9.59 Å². The van der Waals surface area contributed by atoms with Crippen molar-refractivity contribution in [2.75, 3.05) is 7.11 Å². The molecule has 0 radical (unpaired) electrons. The van der Waals surface area contributed by atoms with Gasteiger partial charge in [0, 0.05) is 13.5 Å². The highest BCUT2D eigenvalue weighted by molar-refractivity contribution is 5.91. The van der Waals surface area contributed by atoms with Crippen LogP contribution in [-0.2, 0) is 14.3 Å². The van der Waals surface area contributed by atoms with Gasteiger partial charge in [0.25, 0.3) is 0 Å². The summed E-state index contributed by atoms with van der Waals surface area (Å²) in [4.78, 5) is 25.6. The lowest BCUT2D eigenvalue weighted by molar-refractivity contribution is -0.139. The van der Waals surface area contributed by atoms with E-state index in [0.29, 0.717) is 12.3 Å². The molecule has 2 rings (SSSR count). The van der Waals surface area contributed by atoms with Crippen LogP contribution >= 0.6 is 0 Å². The summed E-state index contributed by atoms with van der Waals surface area (Å²) in [6.45, 7) is 7.92. The van der Waals surface area contributed by atoms with Gasteiger partial charge in [-0.2, -0.15) is 0 Å². The highest BCUT2D eigenvalue weighted by atomic mass is 16.5. The summed E-state index contributed by atoms with van der Waals surface area (Å²) in [6, 6.07) is -0.422. The van der Waals surface area contributed by atoms with Crippen LogP contribution in [0.25, 0.3) is 0 Å². The van der Waals surface area contributed by atoms with E-state index >= 15 is 0 Å². The molecule has 0 spiro atoms. The van der Waals surface area contributed by atoms with E-state index in [4.69, 9.17) is 4.74 Å². The first kappa shape index (κ1) is 19.4. The third-order valence-electron chi connectivity index (χ3n) is 5.94. The van der Waals surface area contributed by atoms with Crippen LogP contribution in [0, 0.1) is 17.3 Å². The molecule has 1 unspecified atom stereocenters. The molecule has 2 fully saturated rings. The second-order valence-electron chi connectivity index (χ2n) is 8.77. The molecule has 0 aromatic heterocycles. The Hall–Kier alpha value is -0.900. The molecule has 1 amide bonds. The fraction of sp³-hybridized carbons (Fsp3) is 0.900. The SMILES string of the molecule is CCC(=O)[C@@H](NC(=O)C(C1CCCCC1)C1(OC)CC1)C(C)(C)C. The Kier molecular flexibility index (Phi) is 6.11. The second-order valence-corrected chi connectivity index (χ2v) is 8.77. The van der Waals surface area contributed by atoms with Crippen LogP contribution in [0.2, 0.25) is 0 Å². The van der Waals surface area contributed by atoms with Crippen molar-refractivity contribution >= 4 is 11.7 Å². The van der Waals surface area contributed by atoms with Gasteiger partial charge in [-0.1, -0.05) is 47.0 Å². The molecule has 4 heteroatoms. The lowest BCUT2D eigenvalue weighted by Gasteiger charge is -2.37. The minimum absolute atomic E-state index is 0.0305. The first-order valence-electron chi connectivity index (χ1n) is 9.63. The summed E-state index contributed by atoms with van der Waals surface area (Å²) in [5, 5.41) is 3.12. The average Bonchev–Trinajstić information content (AvgIpc) is 3.33. The maximum Gasteiger partial charge on any atom is 0.226 e. The highest BCUT2D eigenvalue weighted by Gasteiger charge is 2.56. The Morgan fingerprint density at radius 1 is 1.17 bits per heavy atom. The first-order valence-corrected chi connectivity index (χ1v) is 9.63. The van der Waals surface area contributed by atoms with Gasteiger partial charge in [0.05, 0.1) is 17.6 Å². The van der Waals surface area contributed by atoms with Crippen LogP contribution in [0.3, 0.4) is 0 Å². The fourth-order valence-corrected chi connectivity index (χ4v) is 4.33. The molecule has 0 aromatic rings. The highest BCUT2D eigenvalue weighted by Crippen LogP contribution is 2.51. The lowest BCUT2D eigenvalue weighted by atomic mass is 9.75. The number of carbonyl (C=O) groups is 2. The Labute approximate surface area is 147 Å². The number of amides is 1. The molecule has 0 aliphatic heterocycles. The molecular formula is C20H35NO3. The van der Waals surface area contributed by atoms with Gasteiger partial charge in [-0.25, -0.2) is 0 Å². The molecule has 0 bridgehead atoms. The third kappa shape index (κ3) is 4.19. The van der Waals surface area contributed by atoms with Gasteiger partial charge in [0.15, 0.2) is 5.78 Å². The molecule has 138 valence electrons. The zero-order valence-electron chi connectivity index (χ0n) is 16.1. The minimum Gasteiger partial charge on any atom is -0.377 e. The van der Waals surface area contributed by atoms with Crippen molar-refractivity contribution in [3.63, 3.8) is 0 Å². The van der Waals surface area contributed by atoms with Gasteiger partial charge in [0.2, 0.25) is 5.91 Å². The van der Waals surface area contributed by atoms with E-state index in [1.165, 1.54) is 19.3 Å². The predicted molar refractivity (Wildman–Crippen MR) is 95.7 cm³/mol. The maximum atomic E-state index is 13.2. The van der Waals surface area contributed by atoms with Crippen LogP contribution in [0.4, 0.5) is 0 Å². The Morgan fingerprint density at radius 3 is 2.17 bits per heavy atom. The van der Waals surface area contributed by atoms with Crippen molar-refractivity contribution in [2.24, 2.45) is 17.3 Å². The second kappa shape index (κ2) is 7.55. The van der Waals surface area contributed by atoms with E-state index in [-0.39, 0.29) is 28.6 Å². The number of methoxy groups -OCH3 is 1. The van der Waals surface area contributed by atoms with Crippen LogP contribution in [-0.4, -0.2) is 30.4 Å². The van der Waals surface area contributed by atoms with Gasteiger partial charge >= 0.3 is 0 Å². The maximum absolute atomic E-state index is 13.2. The van der Waals surface area contributed by atoms with Crippen molar-refractivity contribution in [3.05, 3.63) is 0 Å². The molecule has 2 saturated carbocycles. The molecule has 0 aromatic carbocycles. The summed E-state index contributed by atoms with van der Waals surface area (Å²) in [7, 11) is 1.73. The number of Topliss-reactive ketones (excluding diaryl/α,β-unsaturated/α-hetero) is 1. The standard InChI is InChI=1S/C20H35NO3/c1-6-15(22)17(19(2,3)4)21-18(23)16(20(24-5)12-13-20)14-10-8-7-9-11-14/h14,16-17H,6-13H2,1-5H3,(H,21,23)/t16?,17-/m1/s1. The zero-order valence-corrected chi connectivity index (χ0v) is 16.1. The van der Waals surface area contributed by atoms with E-state index in [0.717, 1.165) is 25.7 Å². The predicted octanol–water partition coefficient (Wildman–Crippen LogP) is 3.87. The van der Waals surface area contributed by atoms with Crippen molar-refractivity contribution in [1.29, 1.82) is 0 Å². The Balaban J connectivity index is 2.19.